The van der Waals surface area contributed by atoms with Crippen molar-refractivity contribution in [1.82, 2.24) is 10.3 Å². The number of aromatic amines is 1. The van der Waals surface area contributed by atoms with E-state index in [0.717, 1.165) is 0 Å². The zero-order chi connectivity index (χ0) is 17.8. The molecule has 1 heterocycles. The average molecular weight is 340 g/mol. The Labute approximate surface area is 138 Å². The highest BCUT2D eigenvalue weighted by Crippen LogP contribution is 2.41. The molecular formula is C17H19F3N2O2. The van der Waals surface area contributed by atoms with Crippen LogP contribution in [-0.2, 0) is 15.1 Å². The van der Waals surface area contributed by atoms with Gasteiger partial charge in [-0.2, -0.15) is 13.2 Å². The van der Waals surface area contributed by atoms with E-state index >= 15 is 0 Å². The van der Waals surface area contributed by atoms with Gasteiger partial charge in [0, 0.05) is 12.2 Å². The van der Waals surface area contributed by atoms with E-state index in [1.54, 1.807) is 37.3 Å². The Balaban J connectivity index is 2.51. The maximum absolute atomic E-state index is 14.0. The largest absolute Gasteiger partial charge is 0.464 e. The van der Waals surface area contributed by atoms with Crippen LogP contribution in [0.5, 0.6) is 0 Å². The number of nitrogens with one attached hydrogen (secondary N) is 2. The third-order valence-corrected chi connectivity index (χ3v) is 3.74. The van der Waals surface area contributed by atoms with Crippen molar-refractivity contribution in [3.05, 3.63) is 59.9 Å². The van der Waals surface area contributed by atoms with E-state index in [9.17, 15) is 18.0 Å². The molecule has 2 N–H and O–H groups in total. The third-order valence-electron chi connectivity index (χ3n) is 3.74. The molecule has 2 atom stereocenters. The van der Waals surface area contributed by atoms with Crippen molar-refractivity contribution < 1.29 is 22.7 Å². The highest BCUT2D eigenvalue weighted by molar-refractivity contribution is 5.83. The van der Waals surface area contributed by atoms with Gasteiger partial charge in [-0.1, -0.05) is 30.3 Å². The lowest BCUT2D eigenvalue weighted by molar-refractivity contribution is -0.219. The van der Waals surface area contributed by atoms with Crippen LogP contribution in [0.15, 0.2) is 48.7 Å². The van der Waals surface area contributed by atoms with Crippen molar-refractivity contribution in [2.24, 2.45) is 0 Å². The summed E-state index contributed by atoms with van der Waals surface area (Å²) in [7, 11) is 0. The second-order valence-corrected chi connectivity index (χ2v) is 5.33. The van der Waals surface area contributed by atoms with Crippen LogP contribution in [0.3, 0.4) is 0 Å². The molecule has 0 fully saturated rings. The SMILES string of the molecule is CCOC(=O)[C@@](N[C@H](C)c1ccccc1)(c1ccc[nH]1)C(F)(F)F. The molecule has 0 bridgehead atoms. The van der Waals surface area contributed by atoms with Crippen molar-refractivity contribution in [1.29, 1.82) is 0 Å². The minimum absolute atomic E-state index is 0.154. The van der Waals surface area contributed by atoms with Crippen LogP contribution in [0.4, 0.5) is 13.2 Å². The average Bonchev–Trinajstić information content (AvgIpc) is 3.06. The maximum Gasteiger partial charge on any atom is 0.423 e. The second-order valence-electron chi connectivity index (χ2n) is 5.33. The standard InChI is InChI=1S/C17H19F3N2O2/c1-3-24-15(23)16(17(18,19)20,14-10-7-11-21-14)22-12(2)13-8-5-4-6-9-13/h4-12,21-22H,3H2,1-2H3/t12-,16+/m1/s1. The number of alkyl halides is 3. The highest BCUT2D eigenvalue weighted by atomic mass is 19.4. The van der Waals surface area contributed by atoms with E-state index in [1.807, 2.05) is 0 Å². The molecule has 7 heteroatoms. The van der Waals surface area contributed by atoms with Crippen molar-refractivity contribution in [2.75, 3.05) is 6.61 Å². The van der Waals surface area contributed by atoms with E-state index < -0.39 is 23.7 Å². The van der Waals surface area contributed by atoms with Gasteiger partial charge in [0.1, 0.15) is 0 Å². The number of carbonyl (C=O) groups is 1. The van der Waals surface area contributed by atoms with Gasteiger partial charge in [0.15, 0.2) is 0 Å². The zero-order valence-corrected chi connectivity index (χ0v) is 13.4. The van der Waals surface area contributed by atoms with Crippen molar-refractivity contribution >= 4 is 5.97 Å². The van der Waals surface area contributed by atoms with Crippen LogP contribution >= 0.6 is 0 Å². The number of hydrogen-bond donors (Lipinski definition) is 2. The van der Waals surface area contributed by atoms with Gasteiger partial charge in [0.05, 0.1) is 12.3 Å². The topological polar surface area (TPSA) is 54.1 Å². The summed E-state index contributed by atoms with van der Waals surface area (Å²) < 4.78 is 46.8. The summed E-state index contributed by atoms with van der Waals surface area (Å²) in [6, 6.07) is 10.5. The lowest BCUT2D eigenvalue weighted by Gasteiger charge is -2.36. The monoisotopic (exact) mass is 340 g/mol. The van der Waals surface area contributed by atoms with Crippen LogP contribution in [0.25, 0.3) is 0 Å². The fourth-order valence-electron chi connectivity index (χ4n) is 2.55. The summed E-state index contributed by atoms with van der Waals surface area (Å²) in [5.41, 5.74) is -2.65. The molecule has 24 heavy (non-hydrogen) atoms. The van der Waals surface area contributed by atoms with Gasteiger partial charge in [-0.3, -0.25) is 5.32 Å². The molecule has 0 saturated carbocycles. The summed E-state index contributed by atoms with van der Waals surface area (Å²) in [6.45, 7) is 2.88. The molecule has 1 aromatic carbocycles. The number of hydrogen-bond acceptors (Lipinski definition) is 3. The van der Waals surface area contributed by atoms with Crippen LogP contribution in [-0.4, -0.2) is 23.7 Å². The fraction of sp³-hybridized carbons (Fsp3) is 0.353. The molecule has 0 amide bonds. The molecule has 1 aromatic heterocycles. The first-order valence-electron chi connectivity index (χ1n) is 7.53. The first-order chi connectivity index (χ1) is 11.3. The Morgan fingerprint density at radius 2 is 1.88 bits per heavy atom. The maximum atomic E-state index is 14.0. The lowest BCUT2D eigenvalue weighted by atomic mass is 9.92. The quantitative estimate of drug-likeness (QED) is 0.789. The Hall–Kier alpha value is -2.28. The van der Waals surface area contributed by atoms with Crippen LogP contribution < -0.4 is 5.32 Å². The van der Waals surface area contributed by atoms with Gasteiger partial charge in [-0.25, -0.2) is 4.79 Å². The summed E-state index contributed by atoms with van der Waals surface area (Å²) in [5, 5.41) is 2.44. The number of aromatic nitrogens is 1. The van der Waals surface area contributed by atoms with E-state index in [4.69, 9.17) is 4.74 Å². The molecule has 130 valence electrons. The van der Waals surface area contributed by atoms with Crippen LogP contribution in [0.1, 0.15) is 31.1 Å². The van der Waals surface area contributed by atoms with Crippen LogP contribution in [0, 0.1) is 0 Å². The first-order valence-corrected chi connectivity index (χ1v) is 7.53. The minimum atomic E-state index is -4.90. The lowest BCUT2D eigenvalue weighted by Crippen LogP contribution is -2.61. The van der Waals surface area contributed by atoms with Gasteiger partial charge in [0.25, 0.3) is 5.54 Å². The molecule has 0 radical (unpaired) electrons. The number of ether oxygens (including phenoxy) is 1. The molecule has 0 aliphatic carbocycles. The Morgan fingerprint density at radius 1 is 1.21 bits per heavy atom. The molecule has 2 aromatic rings. The highest BCUT2D eigenvalue weighted by Gasteiger charge is 2.64. The number of rotatable bonds is 6. The predicted octanol–water partition coefficient (Wildman–Crippen LogP) is 3.69. The number of H-pyrrole nitrogens is 1. The normalized spacial score (nSPS) is 15.5. The predicted molar refractivity (Wildman–Crippen MR) is 83.2 cm³/mol. The van der Waals surface area contributed by atoms with Crippen molar-refractivity contribution in [3.8, 4) is 0 Å². The third kappa shape index (κ3) is 3.31. The smallest absolute Gasteiger partial charge is 0.423 e. The Kier molecular flexibility index (Phi) is 5.33. The fourth-order valence-corrected chi connectivity index (χ4v) is 2.55. The summed E-state index contributed by atoms with van der Waals surface area (Å²) >= 11 is 0. The number of benzene rings is 1. The van der Waals surface area contributed by atoms with E-state index in [0.29, 0.717) is 5.56 Å². The summed E-state index contributed by atoms with van der Waals surface area (Å²) in [5.74, 6) is -1.39. The second kappa shape index (κ2) is 7.09. The zero-order valence-electron chi connectivity index (χ0n) is 13.4. The molecule has 0 spiro atoms. The van der Waals surface area contributed by atoms with Crippen molar-refractivity contribution in [3.63, 3.8) is 0 Å². The Bertz CT molecular complexity index is 656. The van der Waals surface area contributed by atoms with E-state index in [1.165, 1.54) is 25.3 Å². The van der Waals surface area contributed by atoms with Gasteiger partial charge in [0.2, 0.25) is 0 Å². The molecule has 0 aliphatic heterocycles. The van der Waals surface area contributed by atoms with Crippen molar-refractivity contribution in [2.45, 2.75) is 31.6 Å². The number of esters is 1. The summed E-state index contributed by atoms with van der Waals surface area (Å²) in [4.78, 5) is 14.8. The van der Waals surface area contributed by atoms with Gasteiger partial charge in [-0.05, 0) is 31.5 Å². The minimum Gasteiger partial charge on any atom is -0.464 e. The molecule has 0 aliphatic rings. The number of halogens is 3. The molecule has 0 unspecified atom stereocenters. The molecule has 0 saturated heterocycles. The van der Waals surface area contributed by atoms with Gasteiger partial charge in [-0.15, -0.1) is 0 Å². The Morgan fingerprint density at radius 3 is 2.38 bits per heavy atom. The molecular weight excluding hydrogens is 321 g/mol. The molecule has 2 rings (SSSR count). The summed E-state index contributed by atoms with van der Waals surface area (Å²) in [6.07, 6.45) is -3.56. The van der Waals surface area contributed by atoms with Gasteiger partial charge >= 0.3 is 12.1 Å². The van der Waals surface area contributed by atoms with Crippen LogP contribution in [0.2, 0.25) is 0 Å². The first kappa shape index (κ1) is 18.1. The van der Waals surface area contributed by atoms with E-state index in [-0.39, 0.29) is 12.3 Å². The van der Waals surface area contributed by atoms with Gasteiger partial charge < -0.3 is 9.72 Å². The van der Waals surface area contributed by atoms with E-state index in [2.05, 4.69) is 10.3 Å². The number of carbonyl (C=O) groups excluding carboxylic acids is 1. The molecule has 4 nitrogen and oxygen atoms in total.